The van der Waals surface area contributed by atoms with Crippen LogP contribution in [0, 0.1) is 0 Å². The minimum absolute atomic E-state index is 0.0725. The lowest BCUT2D eigenvalue weighted by Gasteiger charge is -2.12. The van der Waals surface area contributed by atoms with Crippen molar-refractivity contribution in [1.82, 2.24) is 14.9 Å². The van der Waals surface area contributed by atoms with Crippen LogP contribution in [0.25, 0.3) is 0 Å². The minimum Gasteiger partial charge on any atom is -0.385 e. The predicted octanol–water partition coefficient (Wildman–Crippen LogP) is 0.427. The molecule has 16 heavy (non-hydrogen) atoms. The monoisotopic (exact) mass is 247 g/mol. The molecule has 0 spiro atoms. The zero-order valence-corrected chi connectivity index (χ0v) is 10.3. The van der Waals surface area contributed by atoms with Gasteiger partial charge < -0.3 is 4.74 Å². The highest BCUT2D eigenvalue weighted by molar-refractivity contribution is 7.89. The quantitative estimate of drug-likeness (QED) is 0.684. The van der Waals surface area contributed by atoms with Gasteiger partial charge in [-0.1, -0.05) is 0 Å². The molecule has 1 heterocycles. The number of aromatic nitrogens is 2. The largest absolute Gasteiger partial charge is 0.385 e. The van der Waals surface area contributed by atoms with Gasteiger partial charge in [0.05, 0.1) is 11.9 Å². The van der Waals surface area contributed by atoms with E-state index in [0.29, 0.717) is 13.0 Å². The highest BCUT2D eigenvalue weighted by atomic mass is 32.2. The number of sulfonamides is 1. The number of H-pyrrole nitrogens is 1. The van der Waals surface area contributed by atoms with Crippen molar-refractivity contribution in [3.05, 3.63) is 18.0 Å². The van der Waals surface area contributed by atoms with Gasteiger partial charge in [0.25, 0.3) is 0 Å². The molecule has 0 aromatic carbocycles. The second-order valence-electron chi connectivity index (χ2n) is 3.54. The average Bonchev–Trinajstić information content (AvgIpc) is 2.69. The Morgan fingerprint density at radius 2 is 2.38 bits per heavy atom. The molecule has 1 atom stereocenters. The maximum absolute atomic E-state index is 11.6. The second-order valence-corrected chi connectivity index (χ2v) is 5.41. The summed E-state index contributed by atoms with van der Waals surface area (Å²) in [5.74, 6) is 0.0725. The van der Waals surface area contributed by atoms with Crippen LogP contribution < -0.4 is 4.72 Å². The molecule has 0 saturated carbocycles. The summed E-state index contributed by atoms with van der Waals surface area (Å²) in [6.45, 7) is 2.22. The summed E-state index contributed by atoms with van der Waals surface area (Å²) in [7, 11) is -1.70. The molecule has 6 nitrogen and oxygen atoms in total. The van der Waals surface area contributed by atoms with Gasteiger partial charge in [-0.25, -0.2) is 13.1 Å². The SMILES string of the molecule is COCCCS(=O)(=O)NC(C)c1cn[nH]c1. The van der Waals surface area contributed by atoms with E-state index in [1.54, 1.807) is 26.4 Å². The number of ether oxygens (including phenoxy) is 1. The first-order chi connectivity index (χ1) is 7.55. The number of hydrogen-bond donors (Lipinski definition) is 2. The van der Waals surface area contributed by atoms with Crippen molar-refractivity contribution in [3.63, 3.8) is 0 Å². The summed E-state index contributed by atoms with van der Waals surface area (Å²) in [5.41, 5.74) is 0.815. The Labute approximate surface area is 95.4 Å². The molecule has 1 aromatic rings. The van der Waals surface area contributed by atoms with Gasteiger partial charge in [-0.15, -0.1) is 0 Å². The fourth-order valence-electron chi connectivity index (χ4n) is 1.29. The number of nitrogens with one attached hydrogen (secondary N) is 2. The van der Waals surface area contributed by atoms with Crippen molar-refractivity contribution in [2.45, 2.75) is 19.4 Å². The minimum atomic E-state index is -3.25. The van der Waals surface area contributed by atoms with Crippen molar-refractivity contribution >= 4 is 10.0 Å². The van der Waals surface area contributed by atoms with E-state index in [9.17, 15) is 8.42 Å². The molecule has 0 fully saturated rings. The van der Waals surface area contributed by atoms with Crippen LogP contribution in [-0.4, -0.2) is 38.1 Å². The van der Waals surface area contributed by atoms with E-state index >= 15 is 0 Å². The van der Waals surface area contributed by atoms with Crippen molar-refractivity contribution in [2.24, 2.45) is 0 Å². The molecule has 1 aromatic heterocycles. The molecule has 0 saturated heterocycles. The Bertz CT molecular complexity index is 388. The van der Waals surface area contributed by atoms with E-state index in [2.05, 4.69) is 14.9 Å². The zero-order valence-electron chi connectivity index (χ0n) is 9.43. The van der Waals surface area contributed by atoms with Crippen LogP contribution in [-0.2, 0) is 14.8 Å². The Morgan fingerprint density at radius 3 is 2.94 bits per heavy atom. The van der Waals surface area contributed by atoms with Gasteiger partial charge >= 0.3 is 0 Å². The molecule has 92 valence electrons. The van der Waals surface area contributed by atoms with Crippen LogP contribution in [0.2, 0.25) is 0 Å². The van der Waals surface area contributed by atoms with Gasteiger partial charge in [0.1, 0.15) is 0 Å². The molecule has 0 bridgehead atoms. The predicted molar refractivity (Wildman–Crippen MR) is 60.4 cm³/mol. The molecular formula is C9H17N3O3S. The van der Waals surface area contributed by atoms with Gasteiger partial charge in [0.15, 0.2) is 0 Å². The summed E-state index contributed by atoms with van der Waals surface area (Å²) in [5, 5.41) is 6.41. The summed E-state index contributed by atoms with van der Waals surface area (Å²) in [4.78, 5) is 0. The van der Waals surface area contributed by atoms with Crippen molar-refractivity contribution in [1.29, 1.82) is 0 Å². The van der Waals surface area contributed by atoms with E-state index < -0.39 is 10.0 Å². The fourth-order valence-corrected chi connectivity index (χ4v) is 2.58. The highest BCUT2D eigenvalue weighted by Gasteiger charge is 2.15. The Kier molecular flexibility index (Phi) is 4.91. The number of hydrogen-bond acceptors (Lipinski definition) is 4. The average molecular weight is 247 g/mol. The molecule has 0 radical (unpaired) electrons. The first kappa shape index (κ1) is 13.1. The first-order valence-electron chi connectivity index (χ1n) is 5.03. The molecule has 2 N–H and O–H groups in total. The van der Waals surface area contributed by atoms with Gasteiger partial charge in [-0.05, 0) is 13.3 Å². The van der Waals surface area contributed by atoms with Gasteiger partial charge in [0, 0.05) is 31.5 Å². The summed E-state index contributed by atoms with van der Waals surface area (Å²) >= 11 is 0. The highest BCUT2D eigenvalue weighted by Crippen LogP contribution is 2.10. The number of rotatable bonds is 7. The molecule has 0 amide bonds. The van der Waals surface area contributed by atoms with Crippen LogP contribution in [0.1, 0.15) is 24.9 Å². The lowest BCUT2D eigenvalue weighted by Crippen LogP contribution is -2.29. The number of methoxy groups -OCH3 is 1. The maximum Gasteiger partial charge on any atom is 0.212 e. The third kappa shape index (κ3) is 4.30. The molecule has 0 aliphatic carbocycles. The summed E-state index contributed by atoms with van der Waals surface area (Å²) in [6.07, 6.45) is 3.76. The van der Waals surface area contributed by atoms with Crippen LogP contribution in [0.5, 0.6) is 0 Å². The zero-order chi connectivity index (χ0) is 12.0. The Morgan fingerprint density at radius 1 is 1.62 bits per heavy atom. The fraction of sp³-hybridized carbons (Fsp3) is 0.667. The first-order valence-corrected chi connectivity index (χ1v) is 6.68. The van der Waals surface area contributed by atoms with Gasteiger partial charge in [-0.3, -0.25) is 5.10 Å². The van der Waals surface area contributed by atoms with Crippen LogP contribution >= 0.6 is 0 Å². The normalized spacial score (nSPS) is 13.9. The van der Waals surface area contributed by atoms with Crippen molar-refractivity contribution < 1.29 is 13.2 Å². The van der Waals surface area contributed by atoms with Crippen LogP contribution in [0.4, 0.5) is 0 Å². The van der Waals surface area contributed by atoms with Crippen LogP contribution in [0.15, 0.2) is 12.4 Å². The van der Waals surface area contributed by atoms with Crippen molar-refractivity contribution in [2.75, 3.05) is 19.5 Å². The standard InChI is InChI=1S/C9H17N3O3S/c1-8(9-6-10-11-7-9)12-16(13,14)5-3-4-15-2/h6-8,12H,3-5H2,1-2H3,(H,10,11). The lowest BCUT2D eigenvalue weighted by molar-refractivity contribution is 0.199. The van der Waals surface area contributed by atoms with E-state index in [0.717, 1.165) is 5.56 Å². The third-order valence-corrected chi connectivity index (χ3v) is 3.68. The smallest absolute Gasteiger partial charge is 0.212 e. The molecule has 0 aliphatic heterocycles. The van der Waals surface area contributed by atoms with E-state index in [1.165, 1.54) is 0 Å². The van der Waals surface area contributed by atoms with Gasteiger partial charge in [0.2, 0.25) is 10.0 Å². The van der Waals surface area contributed by atoms with E-state index in [1.807, 2.05) is 0 Å². The van der Waals surface area contributed by atoms with E-state index in [4.69, 9.17) is 4.74 Å². The molecule has 7 heteroatoms. The molecular weight excluding hydrogens is 230 g/mol. The molecule has 0 aliphatic rings. The van der Waals surface area contributed by atoms with Crippen LogP contribution in [0.3, 0.4) is 0 Å². The molecule has 1 unspecified atom stereocenters. The second kappa shape index (κ2) is 5.97. The molecule has 1 rings (SSSR count). The summed E-state index contributed by atoms with van der Waals surface area (Å²) < 4.78 is 30.6. The Balaban J connectivity index is 2.46. The lowest BCUT2D eigenvalue weighted by atomic mass is 10.2. The maximum atomic E-state index is 11.6. The summed E-state index contributed by atoms with van der Waals surface area (Å²) in [6, 6.07) is -0.272. The van der Waals surface area contributed by atoms with Gasteiger partial charge in [-0.2, -0.15) is 5.10 Å². The number of aromatic amines is 1. The van der Waals surface area contributed by atoms with Crippen molar-refractivity contribution in [3.8, 4) is 0 Å². The van der Waals surface area contributed by atoms with E-state index in [-0.39, 0.29) is 11.8 Å². The third-order valence-electron chi connectivity index (χ3n) is 2.14. The Hall–Kier alpha value is -0.920. The topological polar surface area (TPSA) is 84.1 Å². The number of nitrogens with zero attached hydrogens (tertiary/aromatic N) is 1.